The van der Waals surface area contributed by atoms with E-state index in [1.54, 1.807) is 20.8 Å². The molecule has 0 saturated heterocycles. The Bertz CT molecular complexity index is 880. The lowest BCUT2D eigenvalue weighted by Gasteiger charge is -2.11. The first-order valence-electron chi connectivity index (χ1n) is 11.6. The van der Waals surface area contributed by atoms with Crippen LogP contribution in [0.25, 0.3) is 0 Å². The monoisotopic (exact) mass is 566 g/mol. The number of hydrogen-bond acceptors (Lipinski definition) is 12. The summed E-state index contributed by atoms with van der Waals surface area (Å²) in [4.78, 5) is 63.9. The first kappa shape index (κ1) is 39.8. The summed E-state index contributed by atoms with van der Waals surface area (Å²) in [6.07, 6.45) is 4.41. The van der Waals surface area contributed by atoms with Gasteiger partial charge >= 0.3 is 35.8 Å². The van der Waals surface area contributed by atoms with Crippen molar-refractivity contribution in [2.24, 2.45) is 0 Å². The third-order valence-corrected chi connectivity index (χ3v) is 3.57. The Balaban J connectivity index is -0.000000515. The predicted octanol–water partition coefficient (Wildman–Crippen LogP) is 2.89. The molecule has 0 aromatic carbocycles. The van der Waals surface area contributed by atoms with Gasteiger partial charge in [0, 0.05) is 41.9 Å². The van der Waals surface area contributed by atoms with Crippen LogP contribution in [0, 0.1) is 0 Å². The van der Waals surface area contributed by atoms with Gasteiger partial charge in [0.2, 0.25) is 0 Å². The molecule has 0 aromatic rings. The van der Waals surface area contributed by atoms with Gasteiger partial charge in [-0.1, -0.05) is 39.5 Å². The third kappa shape index (κ3) is 27.8. The Labute approximate surface area is 234 Å². The van der Waals surface area contributed by atoms with E-state index in [4.69, 9.17) is 9.47 Å². The zero-order chi connectivity index (χ0) is 31.5. The molecule has 40 heavy (non-hydrogen) atoms. The van der Waals surface area contributed by atoms with Crippen molar-refractivity contribution in [3.63, 3.8) is 0 Å². The van der Waals surface area contributed by atoms with E-state index in [-0.39, 0.29) is 39.1 Å². The van der Waals surface area contributed by atoms with E-state index in [1.165, 1.54) is 0 Å². The molecule has 0 radical (unpaired) electrons. The van der Waals surface area contributed by atoms with Crippen molar-refractivity contribution in [2.45, 2.75) is 33.3 Å². The molecule has 0 saturated carbocycles. The van der Waals surface area contributed by atoms with E-state index in [1.807, 2.05) is 0 Å². The van der Waals surface area contributed by atoms with Crippen molar-refractivity contribution in [3.05, 3.63) is 74.9 Å². The van der Waals surface area contributed by atoms with Gasteiger partial charge in [0.25, 0.3) is 0 Å². The molecular weight excluding hydrogens is 528 g/mol. The molecule has 1 atom stereocenters. The maximum Gasteiger partial charge on any atom is 0.333 e. The fraction of sp³-hybridized carbons (Fsp3) is 0.357. The molecule has 0 aromatic heterocycles. The lowest BCUT2D eigenvalue weighted by atomic mass is 10.3. The van der Waals surface area contributed by atoms with Crippen LogP contribution >= 0.6 is 0 Å². The molecular formula is C28H38O12. The SMILES string of the molecule is C=C(C)C(=O)OCCOC(=O)C(=C)C.C=CC(=O)OCCC(C)OC(=O)C=C.C=CC(=O)OCCOC(=O)C=C. The molecule has 222 valence electrons. The van der Waals surface area contributed by atoms with E-state index >= 15 is 0 Å². The fourth-order valence-electron chi connectivity index (χ4n) is 1.61. The minimum atomic E-state index is -0.537. The van der Waals surface area contributed by atoms with Crippen molar-refractivity contribution in [1.29, 1.82) is 0 Å². The zero-order valence-electron chi connectivity index (χ0n) is 23.3. The number of carbonyl (C=O) groups is 6. The Morgan fingerprint density at radius 3 is 1.15 bits per heavy atom. The van der Waals surface area contributed by atoms with Gasteiger partial charge in [-0.25, -0.2) is 28.8 Å². The van der Waals surface area contributed by atoms with Crippen molar-refractivity contribution in [1.82, 2.24) is 0 Å². The molecule has 0 amide bonds. The molecule has 12 nitrogen and oxygen atoms in total. The number of rotatable bonds is 16. The predicted molar refractivity (Wildman–Crippen MR) is 145 cm³/mol. The summed E-state index contributed by atoms with van der Waals surface area (Å²) in [6, 6.07) is 0. The molecule has 1 unspecified atom stereocenters. The summed E-state index contributed by atoms with van der Waals surface area (Å²) in [5.74, 6) is -3.01. The van der Waals surface area contributed by atoms with Gasteiger partial charge in [0.15, 0.2) is 0 Å². The highest BCUT2D eigenvalue weighted by molar-refractivity contribution is 5.87. The average molecular weight is 567 g/mol. The largest absolute Gasteiger partial charge is 0.462 e. The molecule has 0 bridgehead atoms. The van der Waals surface area contributed by atoms with Gasteiger partial charge in [-0.15, -0.1) is 0 Å². The normalized spacial score (nSPS) is 9.57. The molecule has 0 aliphatic heterocycles. The summed E-state index contributed by atoms with van der Waals surface area (Å²) in [6.45, 7) is 24.8. The Kier molecular flexibility index (Phi) is 25.7. The van der Waals surface area contributed by atoms with Gasteiger partial charge in [-0.05, 0) is 20.8 Å². The zero-order valence-corrected chi connectivity index (χ0v) is 23.3. The first-order chi connectivity index (χ1) is 18.7. The summed E-state index contributed by atoms with van der Waals surface area (Å²) in [5, 5.41) is 0. The van der Waals surface area contributed by atoms with Crippen molar-refractivity contribution >= 4 is 35.8 Å². The maximum absolute atomic E-state index is 10.8. The van der Waals surface area contributed by atoms with Crippen molar-refractivity contribution < 1.29 is 57.2 Å². The second-order valence-electron chi connectivity index (χ2n) is 7.19. The van der Waals surface area contributed by atoms with E-state index in [0.29, 0.717) is 17.6 Å². The minimum Gasteiger partial charge on any atom is -0.462 e. The number of ether oxygens (including phenoxy) is 6. The molecule has 0 fully saturated rings. The minimum absolute atomic E-state index is 0.0322. The van der Waals surface area contributed by atoms with Gasteiger partial charge < -0.3 is 28.4 Å². The number of hydrogen-bond donors (Lipinski definition) is 0. The van der Waals surface area contributed by atoms with E-state index in [0.717, 1.165) is 24.3 Å². The van der Waals surface area contributed by atoms with Crippen LogP contribution < -0.4 is 0 Å². The van der Waals surface area contributed by atoms with Crippen LogP contribution in [-0.2, 0) is 57.2 Å². The smallest absolute Gasteiger partial charge is 0.333 e. The van der Waals surface area contributed by atoms with Crippen LogP contribution in [0.2, 0.25) is 0 Å². The van der Waals surface area contributed by atoms with Crippen LogP contribution in [0.3, 0.4) is 0 Å². The molecule has 0 aliphatic carbocycles. The highest BCUT2D eigenvalue weighted by Gasteiger charge is 2.07. The van der Waals surface area contributed by atoms with E-state index in [9.17, 15) is 28.8 Å². The first-order valence-corrected chi connectivity index (χ1v) is 11.6. The highest BCUT2D eigenvalue weighted by atomic mass is 16.6. The third-order valence-electron chi connectivity index (χ3n) is 3.57. The van der Waals surface area contributed by atoms with Gasteiger partial charge in [0.05, 0.1) is 6.61 Å². The standard InChI is InChI=1S/2C10H14O4.C8H10O4/c1-7(2)9(11)13-5-6-14-10(12)8(3)4;1-4-9(11)13-7-6-8(3)14-10(12)5-2;1-3-7(9)11-5-6-12-8(10)4-2/h1,3,5-6H2,2,4H3;4-5,8H,1-2,6-7H2,3H3;3-4H,1-2,5-6H2. The van der Waals surface area contributed by atoms with Crippen LogP contribution in [0.1, 0.15) is 27.2 Å². The summed E-state index contributed by atoms with van der Waals surface area (Å²) in [7, 11) is 0. The summed E-state index contributed by atoms with van der Waals surface area (Å²) >= 11 is 0. The van der Waals surface area contributed by atoms with Gasteiger partial charge in [-0.3, -0.25) is 0 Å². The van der Waals surface area contributed by atoms with E-state index in [2.05, 4.69) is 58.4 Å². The van der Waals surface area contributed by atoms with Crippen LogP contribution in [0.15, 0.2) is 74.9 Å². The molecule has 0 N–H and O–H groups in total. The maximum atomic E-state index is 10.8. The van der Waals surface area contributed by atoms with Crippen LogP contribution in [0.5, 0.6) is 0 Å². The van der Waals surface area contributed by atoms with Crippen LogP contribution in [0.4, 0.5) is 0 Å². The molecule has 0 heterocycles. The highest BCUT2D eigenvalue weighted by Crippen LogP contribution is 1.99. The quantitative estimate of drug-likeness (QED) is 0.117. The topological polar surface area (TPSA) is 158 Å². The molecule has 0 rings (SSSR count). The summed E-state index contributed by atoms with van der Waals surface area (Å²) < 4.78 is 28.0. The lowest BCUT2D eigenvalue weighted by molar-refractivity contribution is -0.147. The summed E-state index contributed by atoms with van der Waals surface area (Å²) in [5.41, 5.74) is 0.632. The van der Waals surface area contributed by atoms with Gasteiger partial charge in [0.1, 0.15) is 32.5 Å². The molecule has 0 spiro atoms. The van der Waals surface area contributed by atoms with Crippen molar-refractivity contribution in [3.8, 4) is 0 Å². The number of esters is 6. The molecule has 12 heteroatoms. The van der Waals surface area contributed by atoms with E-state index < -0.39 is 35.8 Å². The Morgan fingerprint density at radius 1 is 0.550 bits per heavy atom. The second kappa shape index (κ2) is 25.9. The van der Waals surface area contributed by atoms with Crippen molar-refractivity contribution in [2.75, 3.05) is 33.0 Å². The average Bonchev–Trinajstić information content (AvgIpc) is 2.92. The number of carbonyl (C=O) groups excluding carboxylic acids is 6. The lowest BCUT2D eigenvalue weighted by Crippen LogP contribution is -2.16. The molecule has 0 aliphatic rings. The Hall–Kier alpha value is -4.74. The van der Waals surface area contributed by atoms with Gasteiger partial charge in [-0.2, -0.15) is 0 Å². The van der Waals surface area contributed by atoms with Crippen LogP contribution in [-0.4, -0.2) is 75.0 Å². The fourth-order valence-corrected chi connectivity index (χ4v) is 1.61. The Morgan fingerprint density at radius 2 is 0.850 bits per heavy atom. The second-order valence-corrected chi connectivity index (χ2v) is 7.19.